The zero-order valence-electron chi connectivity index (χ0n) is 11.3. The standard InChI is InChI=1S/C13H15ClN4O2S/c1-2-11-17-18-13(21-11)16-12(20)15-10(7-19)8-3-5-9(14)6-4-8/h3-6,10,19H,2,7H2,1H3,(H2,15,16,18,20). The molecule has 3 N–H and O–H groups in total. The molecule has 0 fully saturated rings. The monoisotopic (exact) mass is 326 g/mol. The normalized spacial score (nSPS) is 12.0. The van der Waals surface area contributed by atoms with Crippen LogP contribution in [0, 0.1) is 0 Å². The Morgan fingerprint density at radius 3 is 2.67 bits per heavy atom. The molecule has 0 aliphatic carbocycles. The van der Waals surface area contributed by atoms with E-state index in [2.05, 4.69) is 20.8 Å². The van der Waals surface area contributed by atoms with E-state index in [9.17, 15) is 9.90 Å². The Kier molecular flexibility index (Phi) is 5.49. The second-order valence-electron chi connectivity index (χ2n) is 4.24. The fourth-order valence-electron chi connectivity index (χ4n) is 1.67. The predicted molar refractivity (Wildman–Crippen MR) is 82.7 cm³/mol. The van der Waals surface area contributed by atoms with Gasteiger partial charge >= 0.3 is 6.03 Å². The predicted octanol–water partition coefficient (Wildman–Crippen LogP) is 2.61. The van der Waals surface area contributed by atoms with Crippen molar-refractivity contribution in [3.05, 3.63) is 39.9 Å². The van der Waals surface area contributed by atoms with Crippen molar-refractivity contribution >= 4 is 34.1 Å². The van der Waals surface area contributed by atoms with Crippen LogP contribution in [0.1, 0.15) is 23.5 Å². The highest BCUT2D eigenvalue weighted by Gasteiger charge is 2.15. The van der Waals surface area contributed by atoms with Gasteiger partial charge in [-0.2, -0.15) is 0 Å². The van der Waals surface area contributed by atoms with Crippen molar-refractivity contribution in [1.29, 1.82) is 0 Å². The first-order chi connectivity index (χ1) is 10.1. The van der Waals surface area contributed by atoms with Gasteiger partial charge in [-0.1, -0.05) is 42.0 Å². The molecule has 0 saturated heterocycles. The van der Waals surface area contributed by atoms with Crippen molar-refractivity contribution in [1.82, 2.24) is 15.5 Å². The second-order valence-corrected chi connectivity index (χ2v) is 5.74. The summed E-state index contributed by atoms with van der Waals surface area (Å²) in [5.41, 5.74) is 0.767. The number of aromatic nitrogens is 2. The number of aliphatic hydroxyl groups excluding tert-OH is 1. The van der Waals surface area contributed by atoms with E-state index in [-0.39, 0.29) is 6.61 Å². The topological polar surface area (TPSA) is 87.1 Å². The summed E-state index contributed by atoms with van der Waals surface area (Å²) in [6.07, 6.45) is 0.769. The van der Waals surface area contributed by atoms with E-state index < -0.39 is 12.1 Å². The zero-order valence-corrected chi connectivity index (χ0v) is 12.9. The van der Waals surface area contributed by atoms with Gasteiger partial charge < -0.3 is 10.4 Å². The SMILES string of the molecule is CCc1nnc(NC(=O)NC(CO)c2ccc(Cl)cc2)s1. The Bertz CT molecular complexity index is 602. The first-order valence-electron chi connectivity index (χ1n) is 6.38. The number of hydrogen-bond acceptors (Lipinski definition) is 5. The number of nitrogens with one attached hydrogen (secondary N) is 2. The molecule has 1 unspecified atom stereocenters. The largest absolute Gasteiger partial charge is 0.394 e. The van der Waals surface area contributed by atoms with E-state index in [0.717, 1.165) is 17.0 Å². The molecule has 0 radical (unpaired) electrons. The van der Waals surface area contributed by atoms with Crippen LogP contribution in [0.5, 0.6) is 0 Å². The Hall–Kier alpha value is -1.70. The number of carbonyl (C=O) groups is 1. The van der Waals surface area contributed by atoms with Gasteiger partial charge in [0.15, 0.2) is 0 Å². The fraction of sp³-hybridized carbons (Fsp3) is 0.308. The number of hydrogen-bond donors (Lipinski definition) is 3. The number of aliphatic hydroxyl groups is 1. The van der Waals surface area contributed by atoms with Crippen LogP contribution in [-0.2, 0) is 6.42 Å². The molecular formula is C13H15ClN4O2S. The lowest BCUT2D eigenvalue weighted by Crippen LogP contribution is -2.34. The van der Waals surface area contributed by atoms with Crippen LogP contribution in [0.3, 0.4) is 0 Å². The van der Waals surface area contributed by atoms with E-state index in [1.54, 1.807) is 24.3 Å². The van der Waals surface area contributed by atoms with Gasteiger partial charge in [0.1, 0.15) is 5.01 Å². The molecule has 0 saturated carbocycles. The van der Waals surface area contributed by atoms with Gasteiger partial charge in [0, 0.05) is 5.02 Å². The highest BCUT2D eigenvalue weighted by Crippen LogP contribution is 2.18. The summed E-state index contributed by atoms with van der Waals surface area (Å²) in [7, 11) is 0. The zero-order chi connectivity index (χ0) is 15.2. The Balaban J connectivity index is 1.97. The smallest absolute Gasteiger partial charge is 0.321 e. The molecule has 2 rings (SSSR count). The summed E-state index contributed by atoms with van der Waals surface area (Å²) in [6, 6.07) is 5.96. The quantitative estimate of drug-likeness (QED) is 0.788. The van der Waals surface area contributed by atoms with Gasteiger partial charge in [0.05, 0.1) is 12.6 Å². The lowest BCUT2D eigenvalue weighted by molar-refractivity contribution is 0.225. The molecule has 8 heteroatoms. The highest BCUT2D eigenvalue weighted by molar-refractivity contribution is 7.15. The molecule has 0 aliphatic heterocycles. The third kappa shape index (κ3) is 4.38. The minimum Gasteiger partial charge on any atom is -0.394 e. The van der Waals surface area contributed by atoms with E-state index >= 15 is 0 Å². The second kappa shape index (κ2) is 7.35. The number of halogens is 1. The third-order valence-corrected chi connectivity index (χ3v) is 3.99. The molecule has 1 aromatic heterocycles. The number of amides is 2. The van der Waals surface area contributed by atoms with E-state index in [1.165, 1.54) is 11.3 Å². The van der Waals surface area contributed by atoms with Crippen molar-refractivity contribution in [2.75, 3.05) is 11.9 Å². The van der Waals surface area contributed by atoms with Crippen molar-refractivity contribution in [3.8, 4) is 0 Å². The molecule has 6 nitrogen and oxygen atoms in total. The summed E-state index contributed by atoms with van der Waals surface area (Å²) in [5.74, 6) is 0. The molecule has 2 aromatic rings. The minimum atomic E-state index is -0.513. The van der Waals surface area contributed by atoms with Gasteiger partial charge in [-0.25, -0.2) is 4.79 Å². The van der Waals surface area contributed by atoms with Gasteiger partial charge in [0.25, 0.3) is 0 Å². The number of rotatable bonds is 5. The number of aryl methyl sites for hydroxylation is 1. The van der Waals surface area contributed by atoms with E-state index in [1.807, 2.05) is 6.92 Å². The number of anilines is 1. The maximum atomic E-state index is 11.9. The van der Waals surface area contributed by atoms with E-state index in [0.29, 0.717) is 10.2 Å². The van der Waals surface area contributed by atoms with Crippen LogP contribution in [-0.4, -0.2) is 27.9 Å². The molecule has 0 bridgehead atoms. The van der Waals surface area contributed by atoms with Gasteiger partial charge in [-0.15, -0.1) is 10.2 Å². The summed E-state index contributed by atoms with van der Waals surface area (Å²) in [4.78, 5) is 11.9. The van der Waals surface area contributed by atoms with Crippen LogP contribution in [0.15, 0.2) is 24.3 Å². The van der Waals surface area contributed by atoms with Crippen LogP contribution in [0.2, 0.25) is 5.02 Å². The molecule has 1 atom stereocenters. The molecule has 2 amide bonds. The Morgan fingerprint density at radius 1 is 1.38 bits per heavy atom. The van der Waals surface area contributed by atoms with Crippen LogP contribution < -0.4 is 10.6 Å². The van der Waals surface area contributed by atoms with Crippen LogP contribution in [0.4, 0.5) is 9.93 Å². The fourth-order valence-corrected chi connectivity index (χ4v) is 2.47. The number of carbonyl (C=O) groups excluding carboxylic acids is 1. The maximum Gasteiger partial charge on any atom is 0.321 e. The van der Waals surface area contributed by atoms with E-state index in [4.69, 9.17) is 11.6 Å². The first kappa shape index (κ1) is 15.7. The molecule has 112 valence electrons. The molecule has 21 heavy (non-hydrogen) atoms. The summed E-state index contributed by atoms with van der Waals surface area (Å²) in [5, 5.41) is 24.3. The van der Waals surface area contributed by atoms with Gasteiger partial charge in [-0.05, 0) is 24.1 Å². The highest BCUT2D eigenvalue weighted by atomic mass is 35.5. The average molecular weight is 327 g/mol. The average Bonchev–Trinajstić information content (AvgIpc) is 2.93. The summed E-state index contributed by atoms with van der Waals surface area (Å²) < 4.78 is 0. The lowest BCUT2D eigenvalue weighted by atomic mass is 10.1. The molecule has 0 aliphatic rings. The van der Waals surface area contributed by atoms with Crippen molar-refractivity contribution in [2.45, 2.75) is 19.4 Å². The molecule has 0 spiro atoms. The lowest BCUT2D eigenvalue weighted by Gasteiger charge is -2.16. The molecule has 1 aromatic carbocycles. The third-order valence-electron chi connectivity index (χ3n) is 2.75. The Morgan fingerprint density at radius 2 is 2.10 bits per heavy atom. The summed E-state index contributed by atoms with van der Waals surface area (Å²) >= 11 is 7.13. The van der Waals surface area contributed by atoms with Crippen molar-refractivity contribution < 1.29 is 9.90 Å². The van der Waals surface area contributed by atoms with Gasteiger partial charge in [0.2, 0.25) is 5.13 Å². The van der Waals surface area contributed by atoms with Gasteiger partial charge in [-0.3, -0.25) is 5.32 Å². The Labute approximate surface area is 131 Å². The number of benzene rings is 1. The van der Waals surface area contributed by atoms with Crippen molar-refractivity contribution in [3.63, 3.8) is 0 Å². The van der Waals surface area contributed by atoms with Crippen LogP contribution >= 0.6 is 22.9 Å². The van der Waals surface area contributed by atoms with Crippen molar-refractivity contribution in [2.24, 2.45) is 0 Å². The molecular weight excluding hydrogens is 312 g/mol. The minimum absolute atomic E-state index is 0.217. The molecule has 1 heterocycles. The number of urea groups is 1. The van der Waals surface area contributed by atoms with Crippen LogP contribution in [0.25, 0.3) is 0 Å². The first-order valence-corrected chi connectivity index (χ1v) is 7.58. The maximum absolute atomic E-state index is 11.9. The number of nitrogens with zero attached hydrogens (tertiary/aromatic N) is 2. The summed E-state index contributed by atoms with van der Waals surface area (Å²) in [6.45, 7) is 1.75.